The first kappa shape index (κ1) is 12.1. The van der Waals surface area contributed by atoms with Crippen LogP contribution in [0.1, 0.15) is 13.3 Å². The van der Waals surface area contributed by atoms with Crippen LogP contribution < -0.4 is 9.45 Å². The van der Waals surface area contributed by atoms with Crippen LogP contribution in [0.2, 0.25) is 0 Å². The fourth-order valence-corrected chi connectivity index (χ4v) is 2.34. The highest BCUT2D eigenvalue weighted by Gasteiger charge is 2.17. The topological polar surface area (TPSA) is 73.1 Å². The molecule has 1 heterocycles. The van der Waals surface area contributed by atoms with E-state index >= 15 is 0 Å². The molecule has 0 aliphatic carbocycles. The molecule has 1 N–H and O–H groups in total. The standard InChI is InChI=1S/C8H12N2O3S2/c1-2-6-15(12,13)9-7-4-3-5-8(14)10(7)11/h3-5,9,14H,2,6H2,1H3. The van der Waals surface area contributed by atoms with Crippen molar-refractivity contribution >= 4 is 28.5 Å². The maximum absolute atomic E-state index is 11.4. The molecule has 0 aromatic carbocycles. The van der Waals surface area contributed by atoms with Crippen LogP contribution in [0.15, 0.2) is 23.2 Å². The van der Waals surface area contributed by atoms with Crippen molar-refractivity contribution in [1.29, 1.82) is 0 Å². The second kappa shape index (κ2) is 4.71. The lowest BCUT2D eigenvalue weighted by atomic mass is 10.5. The maximum atomic E-state index is 11.4. The minimum atomic E-state index is -3.43. The highest BCUT2D eigenvalue weighted by atomic mass is 32.2. The van der Waals surface area contributed by atoms with Gasteiger partial charge in [0.05, 0.1) is 5.75 Å². The van der Waals surface area contributed by atoms with Crippen LogP contribution in [0.25, 0.3) is 0 Å². The van der Waals surface area contributed by atoms with Crippen molar-refractivity contribution in [3.63, 3.8) is 0 Å². The van der Waals surface area contributed by atoms with Crippen molar-refractivity contribution in [3.8, 4) is 0 Å². The van der Waals surface area contributed by atoms with E-state index in [1.54, 1.807) is 13.0 Å². The van der Waals surface area contributed by atoms with E-state index in [-0.39, 0.29) is 16.6 Å². The fraction of sp³-hybridized carbons (Fsp3) is 0.375. The van der Waals surface area contributed by atoms with Crippen LogP contribution in [0.5, 0.6) is 0 Å². The summed E-state index contributed by atoms with van der Waals surface area (Å²) in [5.74, 6) is -0.0416. The van der Waals surface area contributed by atoms with E-state index in [9.17, 15) is 13.6 Å². The van der Waals surface area contributed by atoms with Gasteiger partial charge in [0.15, 0.2) is 5.03 Å². The van der Waals surface area contributed by atoms with Gasteiger partial charge in [-0.1, -0.05) is 6.92 Å². The number of hydrogen-bond acceptors (Lipinski definition) is 4. The van der Waals surface area contributed by atoms with Crippen molar-refractivity contribution in [1.82, 2.24) is 0 Å². The van der Waals surface area contributed by atoms with Gasteiger partial charge in [0.1, 0.15) is 0 Å². The Morgan fingerprint density at radius 2 is 2.20 bits per heavy atom. The Labute approximate surface area is 94.2 Å². The average Bonchev–Trinajstić information content (AvgIpc) is 2.12. The lowest BCUT2D eigenvalue weighted by Crippen LogP contribution is -2.34. The van der Waals surface area contributed by atoms with Gasteiger partial charge in [-0.25, -0.2) is 4.73 Å². The zero-order valence-electron chi connectivity index (χ0n) is 8.17. The number of sulfonamides is 1. The van der Waals surface area contributed by atoms with Crippen molar-refractivity contribution in [2.24, 2.45) is 0 Å². The lowest BCUT2D eigenvalue weighted by molar-refractivity contribution is -0.630. The molecule has 0 aliphatic rings. The number of thiol groups is 1. The molecule has 1 rings (SSSR count). The largest absolute Gasteiger partial charge is 0.710 e. The normalized spacial score (nSPS) is 11.3. The third kappa shape index (κ3) is 3.28. The minimum absolute atomic E-state index is 0.0101. The van der Waals surface area contributed by atoms with Crippen molar-refractivity contribution < 1.29 is 13.1 Å². The molecule has 0 atom stereocenters. The second-order valence-corrected chi connectivity index (χ2v) is 5.28. The van der Waals surface area contributed by atoms with Gasteiger partial charge in [0, 0.05) is 6.07 Å². The smallest absolute Gasteiger partial charge is 0.298 e. The summed E-state index contributed by atoms with van der Waals surface area (Å²) in [5, 5.41) is 11.5. The van der Waals surface area contributed by atoms with Gasteiger partial charge < -0.3 is 5.21 Å². The fourth-order valence-electron chi connectivity index (χ4n) is 1.04. The van der Waals surface area contributed by atoms with Crippen LogP contribution in [-0.4, -0.2) is 14.2 Å². The number of aromatic nitrogens is 1. The molecule has 1 aromatic rings. The highest BCUT2D eigenvalue weighted by Crippen LogP contribution is 2.07. The Hall–Kier alpha value is -0.950. The Balaban J connectivity index is 2.95. The minimum Gasteiger partial charge on any atom is -0.710 e. The van der Waals surface area contributed by atoms with Crippen molar-refractivity contribution in [2.45, 2.75) is 18.4 Å². The Morgan fingerprint density at radius 3 is 2.80 bits per heavy atom. The summed E-state index contributed by atoms with van der Waals surface area (Å²) in [5.41, 5.74) is 0. The summed E-state index contributed by atoms with van der Waals surface area (Å²) in [6.07, 6.45) is 0.495. The molecule has 84 valence electrons. The van der Waals surface area contributed by atoms with Crippen LogP contribution in [0, 0.1) is 5.21 Å². The van der Waals surface area contributed by atoms with Crippen LogP contribution in [-0.2, 0) is 10.0 Å². The Kier molecular flexibility index (Phi) is 3.81. The van der Waals surface area contributed by atoms with Crippen molar-refractivity contribution in [2.75, 3.05) is 10.5 Å². The number of nitrogens with zero attached hydrogens (tertiary/aromatic N) is 1. The summed E-state index contributed by atoms with van der Waals surface area (Å²) in [6, 6.07) is 4.42. The third-order valence-electron chi connectivity index (χ3n) is 1.66. The van der Waals surface area contributed by atoms with Crippen molar-refractivity contribution in [3.05, 3.63) is 23.4 Å². The van der Waals surface area contributed by atoms with E-state index in [0.29, 0.717) is 11.2 Å². The van der Waals surface area contributed by atoms with Crippen LogP contribution >= 0.6 is 12.6 Å². The molecule has 5 nitrogen and oxygen atoms in total. The van der Waals surface area contributed by atoms with E-state index in [1.165, 1.54) is 12.1 Å². The third-order valence-corrected chi connectivity index (χ3v) is 3.46. The van der Waals surface area contributed by atoms with E-state index in [0.717, 1.165) is 0 Å². The molecule has 7 heteroatoms. The maximum Gasteiger partial charge on any atom is 0.298 e. The zero-order chi connectivity index (χ0) is 11.5. The summed E-state index contributed by atoms with van der Waals surface area (Å²) in [7, 11) is -3.43. The molecule has 1 aromatic heterocycles. The molecule has 0 spiro atoms. The Bertz CT molecular complexity index is 445. The molecule has 0 aliphatic heterocycles. The molecular weight excluding hydrogens is 236 g/mol. The number of anilines is 1. The summed E-state index contributed by atoms with van der Waals surface area (Å²) in [4.78, 5) is 0. The predicted octanol–water partition coefficient (Wildman–Crippen LogP) is 0.760. The van der Waals surface area contributed by atoms with Gasteiger partial charge >= 0.3 is 0 Å². The molecule has 0 amide bonds. The summed E-state index contributed by atoms with van der Waals surface area (Å²) < 4.78 is 25.4. The molecule has 0 bridgehead atoms. The predicted molar refractivity (Wildman–Crippen MR) is 60.4 cm³/mol. The molecular formula is C8H12N2O3S2. The second-order valence-electron chi connectivity index (χ2n) is 2.98. The molecule has 0 fully saturated rings. The number of pyridine rings is 1. The first-order valence-corrected chi connectivity index (χ1v) is 6.48. The van der Waals surface area contributed by atoms with Gasteiger partial charge in [0.2, 0.25) is 0 Å². The van der Waals surface area contributed by atoms with E-state index in [4.69, 9.17) is 0 Å². The quantitative estimate of drug-likeness (QED) is 0.469. The molecule has 0 radical (unpaired) electrons. The summed E-state index contributed by atoms with van der Waals surface area (Å²) >= 11 is 3.88. The first-order valence-electron chi connectivity index (χ1n) is 4.38. The number of rotatable bonds is 4. The number of hydrogen-bond donors (Lipinski definition) is 2. The highest BCUT2D eigenvalue weighted by molar-refractivity contribution is 7.92. The van der Waals surface area contributed by atoms with Gasteiger partial charge in [-0.3, -0.25) is 0 Å². The van der Waals surface area contributed by atoms with Gasteiger partial charge in [-0.15, -0.1) is 12.6 Å². The van der Waals surface area contributed by atoms with Gasteiger partial charge in [-0.05, 0) is 18.6 Å². The van der Waals surface area contributed by atoms with Gasteiger partial charge in [-0.2, -0.15) is 13.1 Å². The Morgan fingerprint density at radius 1 is 1.53 bits per heavy atom. The monoisotopic (exact) mass is 248 g/mol. The van der Waals surface area contributed by atoms with Crippen LogP contribution in [0.3, 0.4) is 0 Å². The molecule has 0 saturated heterocycles. The number of nitrogens with one attached hydrogen (secondary N) is 1. The van der Waals surface area contributed by atoms with E-state index in [2.05, 4.69) is 17.4 Å². The molecule has 0 unspecified atom stereocenters. The van der Waals surface area contributed by atoms with Gasteiger partial charge in [0.25, 0.3) is 15.8 Å². The van der Waals surface area contributed by atoms with Crippen LogP contribution in [0.4, 0.5) is 5.82 Å². The van der Waals surface area contributed by atoms with E-state index in [1.807, 2.05) is 0 Å². The summed E-state index contributed by atoms with van der Waals surface area (Å²) in [6.45, 7) is 1.75. The zero-order valence-corrected chi connectivity index (χ0v) is 9.88. The SMILES string of the molecule is CCCS(=O)(=O)Nc1cccc(S)[n+]1[O-]. The lowest BCUT2D eigenvalue weighted by Gasteiger charge is -2.10. The van der Waals surface area contributed by atoms with E-state index < -0.39 is 10.0 Å². The molecule has 15 heavy (non-hydrogen) atoms. The first-order chi connectivity index (χ1) is 6.96. The molecule has 0 saturated carbocycles. The average molecular weight is 248 g/mol.